The number of nitrogens with zero attached hydrogens (tertiary/aromatic N) is 3. The first kappa shape index (κ1) is 9.98. The molecule has 0 amide bonds. The van der Waals surface area contributed by atoms with E-state index in [-0.39, 0.29) is 0 Å². The molecule has 1 aliphatic rings. The normalized spacial score (nSPS) is 23.4. The van der Waals surface area contributed by atoms with Crippen LogP contribution in [0.15, 0.2) is 11.5 Å². The lowest BCUT2D eigenvalue weighted by atomic mass is 10.2. The van der Waals surface area contributed by atoms with Crippen LogP contribution in [-0.4, -0.2) is 33.1 Å². The average molecular weight is 212 g/mol. The summed E-state index contributed by atoms with van der Waals surface area (Å²) in [4.78, 5) is 0. The van der Waals surface area contributed by atoms with Crippen LogP contribution >= 0.6 is 11.8 Å². The maximum absolute atomic E-state index is 4.09. The van der Waals surface area contributed by atoms with E-state index in [4.69, 9.17) is 0 Å². The molecule has 0 aliphatic carbocycles. The molecule has 1 unspecified atom stereocenters. The van der Waals surface area contributed by atoms with Crippen LogP contribution in [0.25, 0.3) is 0 Å². The van der Waals surface area contributed by atoms with Gasteiger partial charge >= 0.3 is 0 Å². The molecule has 2 heterocycles. The fourth-order valence-corrected chi connectivity index (χ4v) is 2.71. The molecule has 0 bridgehead atoms. The van der Waals surface area contributed by atoms with Crippen LogP contribution < -0.4 is 5.32 Å². The van der Waals surface area contributed by atoms with Gasteiger partial charge in [0.2, 0.25) is 0 Å². The van der Waals surface area contributed by atoms with E-state index in [1.165, 1.54) is 19.3 Å². The molecule has 1 fully saturated rings. The Morgan fingerprint density at radius 2 is 2.50 bits per heavy atom. The Kier molecular flexibility index (Phi) is 3.42. The second-order valence-corrected chi connectivity index (χ2v) is 4.93. The summed E-state index contributed by atoms with van der Waals surface area (Å²) in [6, 6.07) is 0. The topological polar surface area (TPSA) is 42.7 Å². The van der Waals surface area contributed by atoms with Gasteiger partial charge in [-0.25, -0.2) is 0 Å². The highest BCUT2D eigenvalue weighted by atomic mass is 32.2. The third kappa shape index (κ3) is 2.48. The lowest BCUT2D eigenvalue weighted by molar-refractivity contribution is 0.704. The summed E-state index contributed by atoms with van der Waals surface area (Å²) in [5.41, 5.74) is 0. The van der Waals surface area contributed by atoms with Crippen LogP contribution in [0.5, 0.6) is 0 Å². The second-order valence-electron chi connectivity index (χ2n) is 3.66. The Labute approximate surface area is 88.5 Å². The van der Waals surface area contributed by atoms with Crippen LogP contribution in [-0.2, 0) is 7.05 Å². The van der Waals surface area contributed by atoms with E-state index in [9.17, 15) is 0 Å². The fourth-order valence-electron chi connectivity index (χ4n) is 1.62. The van der Waals surface area contributed by atoms with Gasteiger partial charge in [-0.2, -0.15) is 0 Å². The van der Waals surface area contributed by atoms with Crippen molar-refractivity contribution in [2.75, 3.05) is 13.1 Å². The number of thioether (sulfide) groups is 1. The zero-order valence-electron chi connectivity index (χ0n) is 8.44. The molecule has 0 spiro atoms. The molecule has 5 heteroatoms. The highest BCUT2D eigenvalue weighted by molar-refractivity contribution is 7.99. The predicted molar refractivity (Wildman–Crippen MR) is 57.4 cm³/mol. The van der Waals surface area contributed by atoms with Gasteiger partial charge in [-0.15, -0.1) is 10.2 Å². The molecule has 1 atom stereocenters. The highest BCUT2D eigenvalue weighted by Gasteiger charge is 2.15. The first-order valence-corrected chi connectivity index (χ1v) is 5.95. The van der Waals surface area contributed by atoms with Gasteiger partial charge in [0.05, 0.1) is 0 Å². The molecule has 4 nitrogen and oxygen atoms in total. The van der Waals surface area contributed by atoms with Gasteiger partial charge in [-0.1, -0.05) is 18.2 Å². The minimum absolute atomic E-state index is 0.653. The quantitative estimate of drug-likeness (QED) is 0.795. The third-order valence-corrected chi connectivity index (χ3v) is 3.76. The predicted octanol–water partition coefficient (Wildman–Crippen LogP) is 1.05. The fraction of sp³-hybridized carbons (Fsp3) is 0.778. The molecule has 1 aromatic rings. The molecule has 0 saturated carbocycles. The maximum Gasteiger partial charge on any atom is 0.191 e. The van der Waals surface area contributed by atoms with E-state index in [1.54, 1.807) is 6.33 Å². The molecule has 1 aliphatic heterocycles. The first-order chi connectivity index (χ1) is 6.86. The Hall–Kier alpha value is -0.550. The van der Waals surface area contributed by atoms with E-state index < -0.39 is 0 Å². The van der Waals surface area contributed by atoms with Gasteiger partial charge in [0, 0.05) is 18.8 Å². The summed E-state index contributed by atoms with van der Waals surface area (Å²) in [5.74, 6) is 0. The van der Waals surface area contributed by atoms with Crippen molar-refractivity contribution in [3.63, 3.8) is 0 Å². The van der Waals surface area contributed by atoms with Crippen molar-refractivity contribution in [2.24, 2.45) is 7.05 Å². The van der Waals surface area contributed by atoms with Gasteiger partial charge < -0.3 is 9.88 Å². The standard InChI is InChI=1S/C9H16N4S/c1-13-7-11-12-9(13)14-8-4-2-3-5-10-6-8/h7-8,10H,2-6H2,1H3. The average Bonchev–Trinajstić information content (AvgIpc) is 2.44. The van der Waals surface area contributed by atoms with E-state index >= 15 is 0 Å². The Morgan fingerprint density at radius 3 is 3.29 bits per heavy atom. The Balaban J connectivity index is 1.92. The van der Waals surface area contributed by atoms with Crippen LogP contribution in [0, 0.1) is 0 Å². The summed E-state index contributed by atoms with van der Waals surface area (Å²) in [6.07, 6.45) is 5.66. The minimum atomic E-state index is 0.653. The monoisotopic (exact) mass is 212 g/mol. The number of rotatable bonds is 2. The largest absolute Gasteiger partial charge is 0.316 e. The zero-order chi connectivity index (χ0) is 9.80. The van der Waals surface area contributed by atoms with Crippen molar-refractivity contribution in [2.45, 2.75) is 29.7 Å². The number of hydrogen-bond acceptors (Lipinski definition) is 4. The van der Waals surface area contributed by atoms with Gasteiger partial charge in [-0.05, 0) is 19.4 Å². The molecule has 0 radical (unpaired) electrons. The Bertz CT molecular complexity index is 278. The van der Waals surface area contributed by atoms with Gasteiger partial charge in [0.25, 0.3) is 0 Å². The minimum Gasteiger partial charge on any atom is -0.316 e. The molecule has 1 saturated heterocycles. The van der Waals surface area contributed by atoms with Crippen LogP contribution in [0.1, 0.15) is 19.3 Å². The van der Waals surface area contributed by atoms with Gasteiger partial charge in [0.15, 0.2) is 5.16 Å². The summed E-state index contributed by atoms with van der Waals surface area (Å²) < 4.78 is 1.98. The van der Waals surface area contributed by atoms with Crippen LogP contribution in [0.3, 0.4) is 0 Å². The molecule has 2 rings (SSSR count). The molecular formula is C9H16N4S. The lowest BCUT2D eigenvalue weighted by Gasteiger charge is -2.12. The summed E-state index contributed by atoms with van der Waals surface area (Å²) in [5, 5.41) is 13.1. The number of nitrogens with one attached hydrogen (secondary N) is 1. The maximum atomic E-state index is 4.09. The smallest absolute Gasteiger partial charge is 0.191 e. The van der Waals surface area contributed by atoms with E-state index in [2.05, 4.69) is 15.5 Å². The van der Waals surface area contributed by atoms with E-state index in [1.807, 2.05) is 23.4 Å². The first-order valence-electron chi connectivity index (χ1n) is 5.07. The summed E-state index contributed by atoms with van der Waals surface area (Å²) in [7, 11) is 1.99. The van der Waals surface area contributed by atoms with Crippen LogP contribution in [0.2, 0.25) is 0 Å². The second kappa shape index (κ2) is 4.79. The SMILES string of the molecule is Cn1cnnc1SC1CCCCNC1. The van der Waals surface area contributed by atoms with Gasteiger partial charge in [0.1, 0.15) is 6.33 Å². The number of aromatic nitrogens is 3. The van der Waals surface area contributed by atoms with Crippen molar-refractivity contribution >= 4 is 11.8 Å². The van der Waals surface area contributed by atoms with Crippen molar-refractivity contribution in [3.05, 3.63) is 6.33 Å². The lowest BCUT2D eigenvalue weighted by Crippen LogP contribution is -2.22. The third-order valence-electron chi connectivity index (χ3n) is 2.44. The van der Waals surface area contributed by atoms with E-state index in [0.29, 0.717) is 5.25 Å². The van der Waals surface area contributed by atoms with Gasteiger partial charge in [-0.3, -0.25) is 0 Å². The van der Waals surface area contributed by atoms with Crippen molar-refractivity contribution in [1.29, 1.82) is 0 Å². The Morgan fingerprint density at radius 1 is 1.57 bits per heavy atom. The van der Waals surface area contributed by atoms with Crippen molar-refractivity contribution in [1.82, 2.24) is 20.1 Å². The molecule has 14 heavy (non-hydrogen) atoms. The molecular weight excluding hydrogens is 196 g/mol. The zero-order valence-corrected chi connectivity index (χ0v) is 9.26. The molecule has 0 aromatic carbocycles. The van der Waals surface area contributed by atoms with E-state index in [0.717, 1.165) is 18.2 Å². The molecule has 78 valence electrons. The van der Waals surface area contributed by atoms with Crippen LogP contribution in [0.4, 0.5) is 0 Å². The molecule has 1 N–H and O–H groups in total. The highest BCUT2D eigenvalue weighted by Crippen LogP contribution is 2.24. The van der Waals surface area contributed by atoms with Crippen molar-refractivity contribution in [3.8, 4) is 0 Å². The number of aryl methyl sites for hydroxylation is 1. The van der Waals surface area contributed by atoms with Crippen molar-refractivity contribution < 1.29 is 0 Å². The number of hydrogen-bond donors (Lipinski definition) is 1. The summed E-state index contributed by atoms with van der Waals surface area (Å²) >= 11 is 1.84. The molecule has 1 aromatic heterocycles. The summed E-state index contributed by atoms with van der Waals surface area (Å²) in [6.45, 7) is 2.26.